The molecule has 3 rings (SSSR count). The third-order valence-corrected chi connectivity index (χ3v) is 4.47. The largest absolute Gasteiger partial charge is 0.329 e. The summed E-state index contributed by atoms with van der Waals surface area (Å²) in [6.07, 6.45) is 1.40. The Hall–Kier alpha value is -4.34. The van der Waals surface area contributed by atoms with Gasteiger partial charge in [-0.3, -0.25) is 19.7 Å². The number of non-ortho nitro benzene ring substituents is 1. The van der Waals surface area contributed by atoms with Gasteiger partial charge in [-0.25, -0.2) is 9.82 Å². The van der Waals surface area contributed by atoms with E-state index in [0.717, 1.165) is 17.1 Å². The topological polar surface area (TPSA) is 119 Å². The van der Waals surface area contributed by atoms with Crippen LogP contribution >= 0.6 is 0 Å². The molecule has 158 valence electrons. The fourth-order valence-electron chi connectivity index (χ4n) is 2.97. The van der Waals surface area contributed by atoms with E-state index in [1.165, 1.54) is 42.6 Å². The molecule has 9 nitrogen and oxygen atoms in total. The van der Waals surface area contributed by atoms with Gasteiger partial charge in [0.15, 0.2) is 0 Å². The molecule has 0 bridgehead atoms. The second kappa shape index (κ2) is 8.99. The molecule has 0 saturated carbocycles. The van der Waals surface area contributed by atoms with Gasteiger partial charge in [0.2, 0.25) is 0 Å². The molecule has 2 N–H and O–H groups in total. The van der Waals surface area contributed by atoms with E-state index in [-0.39, 0.29) is 17.2 Å². The van der Waals surface area contributed by atoms with E-state index in [9.17, 15) is 24.1 Å². The highest BCUT2D eigenvalue weighted by molar-refractivity contribution is 6.39. The minimum atomic E-state index is -0.998. The van der Waals surface area contributed by atoms with Crippen LogP contribution in [0.5, 0.6) is 0 Å². The second-order valence-electron chi connectivity index (χ2n) is 6.60. The third kappa shape index (κ3) is 4.99. The van der Waals surface area contributed by atoms with E-state index in [4.69, 9.17) is 0 Å². The Bertz CT molecular complexity index is 1170. The molecule has 0 fully saturated rings. The number of rotatable bonds is 5. The van der Waals surface area contributed by atoms with E-state index < -0.39 is 16.7 Å². The molecule has 2 aromatic carbocycles. The fraction of sp³-hybridized carbons (Fsp3) is 0.0952. The lowest BCUT2D eigenvalue weighted by molar-refractivity contribution is -0.384. The average Bonchev–Trinajstić information content (AvgIpc) is 3.02. The molecule has 0 aliphatic carbocycles. The molecule has 0 aliphatic rings. The zero-order chi connectivity index (χ0) is 22.5. The Morgan fingerprint density at radius 3 is 2.32 bits per heavy atom. The van der Waals surface area contributed by atoms with Crippen LogP contribution in [-0.4, -0.2) is 27.5 Å². The SMILES string of the molecule is Cc1cc(/C=N\NC(=O)C(=O)Nc2ccc([N+](=O)[O-])cc2)c(C)n1-c1ccc(F)cc1. The van der Waals surface area contributed by atoms with Crippen LogP contribution in [0.4, 0.5) is 15.8 Å². The average molecular weight is 423 g/mol. The molecular formula is C21H18FN5O4. The number of hydrogen-bond acceptors (Lipinski definition) is 5. The highest BCUT2D eigenvalue weighted by Crippen LogP contribution is 2.20. The van der Waals surface area contributed by atoms with Crippen molar-refractivity contribution < 1.29 is 18.9 Å². The number of hydrazone groups is 1. The van der Waals surface area contributed by atoms with Crippen molar-refractivity contribution in [1.29, 1.82) is 0 Å². The zero-order valence-corrected chi connectivity index (χ0v) is 16.6. The molecule has 0 spiro atoms. The van der Waals surface area contributed by atoms with Crippen molar-refractivity contribution in [2.75, 3.05) is 5.32 Å². The number of halogens is 1. The maximum absolute atomic E-state index is 13.2. The van der Waals surface area contributed by atoms with Crippen LogP contribution in [0, 0.1) is 29.8 Å². The van der Waals surface area contributed by atoms with Crippen molar-refractivity contribution >= 4 is 29.4 Å². The number of benzene rings is 2. The first-order valence-electron chi connectivity index (χ1n) is 9.10. The fourth-order valence-corrected chi connectivity index (χ4v) is 2.97. The van der Waals surface area contributed by atoms with Gasteiger partial charge in [-0.05, 0) is 56.3 Å². The molecule has 0 saturated heterocycles. The van der Waals surface area contributed by atoms with Gasteiger partial charge in [0.05, 0.1) is 11.1 Å². The summed E-state index contributed by atoms with van der Waals surface area (Å²) in [7, 11) is 0. The lowest BCUT2D eigenvalue weighted by Gasteiger charge is -2.09. The van der Waals surface area contributed by atoms with Crippen LogP contribution < -0.4 is 10.7 Å². The molecule has 0 aliphatic heterocycles. The van der Waals surface area contributed by atoms with Crippen molar-refractivity contribution in [2.24, 2.45) is 5.10 Å². The predicted octanol–water partition coefficient (Wildman–Crippen LogP) is 3.23. The normalized spacial score (nSPS) is 10.8. The van der Waals surface area contributed by atoms with Gasteiger partial charge < -0.3 is 9.88 Å². The van der Waals surface area contributed by atoms with Crippen molar-refractivity contribution in [3.8, 4) is 5.69 Å². The van der Waals surface area contributed by atoms with E-state index in [1.807, 2.05) is 24.5 Å². The first-order chi connectivity index (χ1) is 14.8. The van der Waals surface area contributed by atoms with Gasteiger partial charge in [-0.1, -0.05) is 0 Å². The number of anilines is 1. The van der Waals surface area contributed by atoms with Gasteiger partial charge in [0.25, 0.3) is 5.69 Å². The number of amides is 2. The van der Waals surface area contributed by atoms with Gasteiger partial charge in [0.1, 0.15) is 5.82 Å². The summed E-state index contributed by atoms with van der Waals surface area (Å²) in [6.45, 7) is 3.73. The summed E-state index contributed by atoms with van der Waals surface area (Å²) in [5.74, 6) is -2.30. The molecule has 1 heterocycles. The zero-order valence-electron chi connectivity index (χ0n) is 16.6. The summed E-state index contributed by atoms with van der Waals surface area (Å²) in [5.41, 5.74) is 5.42. The van der Waals surface area contributed by atoms with E-state index >= 15 is 0 Å². The summed E-state index contributed by atoms with van der Waals surface area (Å²) in [5, 5.41) is 16.8. The van der Waals surface area contributed by atoms with Crippen molar-refractivity contribution in [2.45, 2.75) is 13.8 Å². The van der Waals surface area contributed by atoms with Gasteiger partial charge in [-0.15, -0.1) is 0 Å². The lowest BCUT2D eigenvalue weighted by Crippen LogP contribution is -2.32. The van der Waals surface area contributed by atoms with E-state index in [1.54, 1.807) is 12.1 Å². The molecule has 0 atom stereocenters. The van der Waals surface area contributed by atoms with E-state index in [2.05, 4.69) is 15.8 Å². The smallest absolute Gasteiger partial charge is 0.318 e. The highest BCUT2D eigenvalue weighted by atomic mass is 19.1. The standard InChI is InChI=1S/C21H18FN5O4/c1-13-11-15(14(2)26(13)18-7-3-16(22)4-8-18)12-23-25-21(29)20(28)24-17-5-9-19(10-6-17)27(30)31/h3-12H,1-2H3,(H,24,28)(H,25,29)/b23-12-. The number of aromatic nitrogens is 1. The number of aryl methyl sites for hydroxylation is 1. The number of hydrogen-bond donors (Lipinski definition) is 2. The molecule has 1 aromatic heterocycles. The molecule has 10 heteroatoms. The highest BCUT2D eigenvalue weighted by Gasteiger charge is 2.14. The number of nitro benzene ring substituents is 1. The molecule has 0 unspecified atom stereocenters. The van der Waals surface area contributed by atoms with Crippen molar-refractivity contribution in [3.63, 3.8) is 0 Å². The van der Waals surface area contributed by atoms with Crippen molar-refractivity contribution in [1.82, 2.24) is 9.99 Å². The minimum absolute atomic E-state index is 0.134. The quantitative estimate of drug-likeness (QED) is 0.283. The summed E-state index contributed by atoms with van der Waals surface area (Å²) >= 11 is 0. The minimum Gasteiger partial charge on any atom is -0.318 e. The number of nitrogens with one attached hydrogen (secondary N) is 2. The van der Waals surface area contributed by atoms with Gasteiger partial charge in [-0.2, -0.15) is 5.10 Å². The summed E-state index contributed by atoms with van der Waals surface area (Å²) in [4.78, 5) is 34.0. The second-order valence-corrected chi connectivity index (χ2v) is 6.60. The Morgan fingerprint density at radius 2 is 1.71 bits per heavy atom. The predicted molar refractivity (Wildman–Crippen MR) is 113 cm³/mol. The molecule has 3 aromatic rings. The third-order valence-electron chi connectivity index (χ3n) is 4.47. The number of carbonyl (C=O) groups is 2. The first kappa shape index (κ1) is 21.4. The maximum Gasteiger partial charge on any atom is 0.329 e. The monoisotopic (exact) mass is 423 g/mol. The Kier molecular flexibility index (Phi) is 6.20. The number of nitro groups is 1. The summed E-state index contributed by atoms with van der Waals surface area (Å²) in [6, 6.07) is 12.9. The van der Waals surface area contributed by atoms with E-state index in [0.29, 0.717) is 5.56 Å². The van der Waals surface area contributed by atoms with Crippen LogP contribution in [0.1, 0.15) is 17.0 Å². The molecule has 0 radical (unpaired) electrons. The van der Waals surface area contributed by atoms with Crippen molar-refractivity contribution in [3.05, 3.63) is 87.5 Å². The van der Waals surface area contributed by atoms with Crippen LogP contribution in [0.15, 0.2) is 59.7 Å². The molecule has 31 heavy (non-hydrogen) atoms. The maximum atomic E-state index is 13.2. The van der Waals surface area contributed by atoms with Crippen LogP contribution in [0.2, 0.25) is 0 Å². The van der Waals surface area contributed by atoms with Gasteiger partial charge in [0, 0.05) is 40.5 Å². The van der Waals surface area contributed by atoms with Crippen LogP contribution in [-0.2, 0) is 9.59 Å². The molecular weight excluding hydrogens is 405 g/mol. The van der Waals surface area contributed by atoms with Crippen LogP contribution in [0.25, 0.3) is 5.69 Å². The van der Waals surface area contributed by atoms with Crippen LogP contribution in [0.3, 0.4) is 0 Å². The summed E-state index contributed by atoms with van der Waals surface area (Å²) < 4.78 is 15.1. The Morgan fingerprint density at radius 1 is 1.06 bits per heavy atom. The Labute approximate surface area is 176 Å². The first-order valence-corrected chi connectivity index (χ1v) is 9.10. The number of nitrogens with zero attached hydrogens (tertiary/aromatic N) is 3. The molecule has 2 amide bonds. The lowest BCUT2D eigenvalue weighted by atomic mass is 10.2. The van der Waals surface area contributed by atoms with Gasteiger partial charge >= 0.3 is 11.8 Å². The number of carbonyl (C=O) groups excluding carboxylic acids is 2. The Balaban J connectivity index is 1.64.